The number of carbonyl (C=O) groups excluding carboxylic acids is 1. The molecule has 102 valence electrons. The van der Waals surface area contributed by atoms with Crippen molar-refractivity contribution in [3.05, 3.63) is 61.2 Å². The van der Waals surface area contributed by atoms with E-state index < -0.39 is 0 Å². The molecule has 0 unspecified atom stereocenters. The molecule has 3 nitrogen and oxygen atoms in total. The minimum absolute atomic E-state index is 0.131. The third-order valence-electron chi connectivity index (χ3n) is 2.87. The lowest BCUT2D eigenvalue weighted by Gasteiger charge is -2.21. The first-order chi connectivity index (χ1) is 9.21. The molecule has 1 rings (SSSR count). The number of rotatable bonds is 8. The van der Waals surface area contributed by atoms with E-state index in [1.807, 2.05) is 30.3 Å². The maximum atomic E-state index is 11.3. The average Bonchev–Trinajstić information content (AvgIpc) is 2.47. The van der Waals surface area contributed by atoms with Crippen molar-refractivity contribution in [2.24, 2.45) is 5.92 Å². The lowest BCUT2D eigenvalue weighted by molar-refractivity contribution is -0.142. The fraction of sp³-hybridized carbons (Fsp3) is 0.312. The van der Waals surface area contributed by atoms with E-state index in [2.05, 4.69) is 17.9 Å². The number of esters is 1. The van der Waals surface area contributed by atoms with Crippen molar-refractivity contribution in [1.29, 1.82) is 0 Å². The molecule has 0 aliphatic rings. The Labute approximate surface area is 114 Å². The van der Waals surface area contributed by atoms with Crippen LogP contribution in [0.1, 0.15) is 12.0 Å². The van der Waals surface area contributed by atoms with Gasteiger partial charge in [0.15, 0.2) is 0 Å². The van der Waals surface area contributed by atoms with Gasteiger partial charge in [-0.15, -0.1) is 13.2 Å². The number of hydrogen-bond acceptors (Lipinski definition) is 3. The van der Waals surface area contributed by atoms with Crippen molar-refractivity contribution >= 4 is 5.97 Å². The fourth-order valence-corrected chi connectivity index (χ4v) is 1.74. The Morgan fingerprint density at radius 1 is 1.26 bits per heavy atom. The Morgan fingerprint density at radius 2 is 1.95 bits per heavy atom. The van der Waals surface area contributed by atoms with Gasteiger partial charge < -0.3 is 9.47 Å². The van der Waals surface area contributed by atoms with Crippen molar-refractivity contribution in [2.75, 3.05) is 7.11 Å². The first kappa shape index (κ1) is 15.2. The quantitative estimate of drug-likeness (QED) is 0.532. The number of methoxy groups -OCH3 is 1. The molecule has 0 aromatic heterocycles. The van der Waals surface area contributed by atoms with Gasteiger partial charge in [0, 0.05) is 5.92 Å². The van der Waals surface area contributed by atoms with Crippen molar-refractivity contribution in [1.82, 2.24) is 0 Å². The van der Waals surface area contributed by atoms with Crippen LogP contribution in [0.25, 0.3) is 0 Å². The Balaban J connectivity index is 2.58. The summed E-state index contributed by atoms with van der Waals surface area (Å²) >= 11 is 0. The van der Waals surface area contributed by atoms with Crippen LogP contribution in [-0.4, -0.2) is 19.2 Å². The molecule has 0 spiro atoms. The zero-order chi connectivity index (χ0) is 14.1. The Kier molecular flexibility index (Phi) is 6.61. The summed E-state index contributed by atoms with van der Waals surface area (Å²) in [6.07, 6.45) is 3.38. The van der Waals surface area contributed by atoms with Gasteiger partial charge in [-0.1, -0.05) is 42.5 Å². The van der Waals surface area contributed by atoms with Crippen LogP contribution in [0.15, 0.2) is 55.6 Å². The molecule has 0 aliphatic heterocycles. The first-order valence-corrected chi connectivity index (χ1v) is 6.18. The number of ether oxygens (including phenoxy) is 2. The molecular weight excluding hydrogens is 240 g/mol. The van der Waals surface area contributed by atoms with Gasteiger partial charge in [0.05, 0.1) is 26.2 Å². The zero-order valence-electron chi connectivity index (χ0n) is 11.2. The topological polar surface area (TPSA) is 35.5 Å². The van der Waals surface area contributed by atoms with E-state index in [1.54, 1.807) is 12.2 Å². The molecule has 0 radical (unpaired) electrons. The Bertz CT molecular complexity index is 411. The summed E-state index contributed by atoms with van der Waals surface area (Å²) in [4.78, 5) is 11.3. The van der Waals surface area contributed by atoms with Gasteiger partial charge in [-0.05, 0) is 5.56 Å². The molecule has 0 amide bonds. The van der Waals surface area contributed by atoms with Gasteiger partial charge in [-0.2, -0.15) is 0 Å². The standard InChI is InChI=1S/C16H20O3/c1-4-14(11-16(17)18-3)15(5-2)19-12-13-9-7-6-8-10-13/h4-10,14-15H,1-2,11-12H2,3H3/t14-,15+/m0/s1. The molecule has 2 atom stereocenters. The van der Waals surface area contributed by atoms with E-state index in [-0.39, 0.29) is 24.4 Å². The molecule has 1 aromatic rings. The molecule has 0 N–H and O–H groups in total. The predicted molar refractivity (Wildman–Crippen MR) is 75.5 cm³/mol. The highest BCUT2D eigenvalue weighted by atomic mass is 16.5. The normalized spacial score (nSPS) is 13.3. The monoisotopic (exact) mass is 260 g/mol. The SMILES string of the molecule is C=C[C@@H](CC(=O)OC)[C@@H](C=C)OCc1ccccc1. The van der Waals surface area contributed by atoms with Crippen LogP contribution < -0.4 is 0 Å². The number of hydrogen-bond donors (Lipinski definition) is 0. The van der Waals surface area contributed by atoms with Gasteiger partial charge in [-0.25, -0.2) is 0 Å². The summed E-state index contributed by atoms with van der Waals surface area (Å²) in [5.74, 6) is -0.409. The Morgan fingerprint density at radius 3 is 2.47 bits per heavy atom. The second-order valence-electron chi connectivity index (χ2n) is 4.18. The van der Waals surface area contributed by atoms with E-state index in [4.69, 9.17) is 4.74 Å². The molecule has 1 aromatic carbocycles. The van der Waals surface area contributed by atoms with Gasteiger partial charge in [-0.3, -0.25) is 4.79 Å². The van der Waals surface area contributed by atoms with Crippen LogP contribution in [0, 0.1) is 5.92 Å². The summed E-state index contributed by atoms with van der Waals surface area (Å²) in [5.41, 5.74) is 1.08. The number of carbonyl (C=O) groups is 1. The summed E-state index contributed by atoms with van der Waals surface area (Å²) in [7, 11) is 1.37. The minimum atomic E-state index is -0.278. The highest BCUT2D eigenvalue weighted by Gasteiger charge is 2.20. The van der Waals surface area contributed by atoms with Gasteiger partial charge in [0.1, 0.15) is 0 Å². The maximum absolute atomic E-state index is 11.3. The second kappa shape index (κ2) is 8.27. The molecule has 0 heterocycles. The van der Waals surface area contributed by atoms with Crippen LogP contribution in [-0.2, 0) is 20.9 Å². The number of benzene rings is 1. The van der Waals surface area contributed by atoms with E-state index in [9.17, 15) is 4.79 Å². The molecule has 19 heavy (non-hydrogen) atoms. The smallest absolute Gasteiger partial charge is 0.306 e. The summed E-state index contributed by atoms with van der Waals surface area (Å²) in [6.45, 7) is 7.96. The fourth-order valence-electron chi connectivity index (χ4n) is 1.74. The zero-order valence-corrected chi connectivity index (χ0v) is 11.2. The highest BCUT2D eigenvalue weighted by molar-refractivity contribution is 5.69. The van der Waals surface area contributed by atoms with E-state index in [0.717, 1.165) is 5.56 Å². The van der Waals surface area contributed by atoms with Crippen LogP contribution in [0.2, 0.25) is 0 Å². The minimum Gasteiger partial charge on any atom is -0.469 e. The van der Waals surface area contributed by atoms with Crippen molar-refractivity contribution in [3.8, 4) is 0 Å². The highest BCUT2D eigenvalue weighted by Crippen LogP contribution is 2.17. The maximum Gasteiger partial charge on any atom is 0.306 e. The third-order valence-corrected chi connectivity index (χ3v) is 2.87. The lowest BCUT2D eigenvalue weighted by atomic mass is 9.98. The summed E-state index contributed by atoms with van der Waals surface area (Å²) < 4.78 is 10.4. The van der Waals surface area contributed by atoms with E-state index in [0.29, 0.717) is 6.61 Å². The molecule has 0 saturated heterocycles. The summed E-state index contributed by atoms with van der Waals surface area (Å²) in [5, 5.41) is 0. The average molecular weight is 260 g/mol. The molecule has 3 heteroatoms. The molecular formula is C16H20O3. The van der Waals surface area contributed by atoms with Crippen molar-refractivity contribution in [3.63, 3.8) is 0 Å². The third kappa shape index (κ3) is 5.10. The van der Waals surface area contributed by atoms with Gasteiger partial charge in [0.2, 0.25) is 0 Å². The van der Waals surface area contributed by atoms with Crippen molar-refractivity contribution < 1.29 is 14.3 Å². The predicted octanol–water partition coefficient (Wildman–Crippen LogP) is 3.12. The largest absolute Gasteiger partial charge is 0.469 e. The molecule has 0 aliphatic carbocycles. The lowest BCUT2D eigenvalue weighted by Crippen LogP contribution is -2.23. The molecule has 0 saturated carbocycles. The van der Waals surface area contributed by atoms with Crippen LogP contribution in [0.4, 0.5) is 0 Å². The Hall–Kier alpha value is -1.87. The van der Waals surface area contributed by atoms with Crippen LogP contribution >= 0.6 is 0 Å². The first-order valence-electron chi connectivity index (χ1n) is 6.18. The second-order valence-corrected chi connectivity index (χ2v) is 4.18. The van der Waals surface area contributed by atoms with Gasteiger partial charge >= 0.3 is 5.97 Å². The molecule has 0 fully saturated rings. The van der Waals surface area contributed by atoms with Crippen LogP contribution in [0.3, 0.4) is 0 Å². The van der Waals surface area contributed by atoms with E-state index >= 15 is 0 Å². The molecule has 0 bridgehead atoms. The van der Waals surface area contributed by atoms with E-state index in [1.165, 1.54) is 7.11 Å². The summed E-state index contributed by atoms with van der Waals surface area (Å²) in [6, 6.07) is 9.85. The van der Waals surface area contributed by atoms with Gasteiger partial charge in [0.25, 0.3) is 0 Å². The van der Waals surface area contributed by atoms with Crippen molar-refractivity contribution in [2.45, 2.75) is 19.1 Å². The van der Waals surface area contributed by atoms with Crippen LogP contribution in [0.5, 0.6) is 0 Å².